The van der Waals surface area contributed by atoms with Gasteiger partial charge in [0.1, 0.15) is 5.75 Å². The number of hydrogen-bond donors (Lipinski definition) is 0. The van der Waals surface area contributed by atoms with Gasteiger partial charge in [-0.2, -0.15) is 13.2 Å². The highest BCUT2D eigenvalue weighted by Gasteiger charge is 2.40. The molecule has 0 aliphatic heterocycles. The first-order valence-electron chi connectivity index (χ1n) is 4.01. The summed E-state index contributed by atoms with van der Waals surface area (Å²) >= 11 is 16.6. The number of halogens is 6. The van der Waals surface area contributed by atoms with Gasteiger partial charge in [-0.3, -0.25) is 0 Å². The van der Waals surface area contributed by atoms with Crippen molar-refractivity contribution in [2.75, 3.05) is 7.11 Å². The van der Waals surface area contributed by atoms with E-state index in [1.165, 1.54) is 13.2 Å². The average Bonchev–Trinajstić information content (AvgIpc) is 2.18. The fraction of sp³-hybridized carbons (Fsp3) is 0.333. The molecule has 0 aromatic heterocycles. The second kappa shape index (κ2) is 4.90. The van der Waals surface area contributed by atoms with Crippen LogP contribution in [0.15, 0.2) is 12.1 Å². The van der Waals surface area contributed by atoms with Gasteiger partial charge in [0.15, 0.2) is 5.38 Å². The van der Waals surface area contributed by atoms with Crippen molar-refractivity contribution in [3.63, 3.8) is 0 Å². The SMILES string of the molecule is COc1cc(Cl)c(C(Cl)C(F)(F)F)cc1Cl. The predicted molar refractivity (Wildman–Crippen MR) is 57.7 cm³/mol. The Morgan fingerprint density at radius 2 is 1.75 bits per heavy atom. The van der Waals surface area contributed by atoms with Gasteiger partial charge in [-0.15, -0.1) is 11.6 Å². The van der Waals surface area contributed by atoms with Crippen LogP contribution in [0.4, 0.5) is 13.2 Å². The fourth-order valence-electron chi connectivity index (χ4n) is 1.07. The topological polar surface area (TPSA) is 9.23 Å². The molecule has 0 aliphatic rings. The zero-order chi connectivity index (χ0) is 12.5. The van der Waals surface area contributed by atoms with Crippen LogP contribution in [0.2, 0.25) is 10.0 Å². The number of rotatable bonds is 2. The minimum Gasteiger partial charge on any atom is -0.495 e. The van der Waals surface area contributed by atoms with Crippen LogP contribution in [-0.2, 0) is 0 Å². The fourth-order valence-corrected chi connectivity index (χ4v) is 1.82. The Bertz CT molecular complexity index is 392. The summed E-state index contributed by atoms with van der Waals surface area (Å²) in [4.78, 5) is 0. The highest BCUT2D eigenvalue weighted by Crippen LogP contribution is 2.43. The normalized spacial score (nSPS) is 13.7. The van der Waals surface area contributed by atoms with E-state index in [1.54, 1.807) is 0 Å². The van der Waals surface area contributed by atoms with Gasteiger partial charge in [-0.25, -0.2) is 0 Å². The molecule has 0 heterocycles. The van der Waals surface area contributed by atoms with Crippen LogP contribution in [0, 0.1) is 0 Å². The maximum atomic E-state index is 12.4. The molecule has 0 radical (unpaired) electrons. The van der Waals surface area contributed by atoms with Gasteiger partial charge in [-0.1, -0.05) is 23.2 Å². The molecule has 1 rings (SSSR count). The minimum absolute atomic E-state index is 0.0248. The van der Waals surface area contributed by atoms with Crippen molar-refractivity contribution < 1.29 is 17.9 Å². The summed E-state index contributed by atoms with van der Waals surface area (Å²) in [5.74, 6) is 0.196. The van der Waals surface area contributed by atoms with Crippen molar-refractivity contribution in [3.05, 3.63) is 27.7 Å². The number of hydrogen-bond acceptors (Lipinski definition) is 1. The Labute approximate surface area is 105 Å². The van der Waals surface area contributed by atoms with E-state index in [-0.39, 0.29) is 21.4 Å². The molecule has 90 valence electrons. The van der Waals surface area contributed by atoms with E-state index in [9.17, 15) is 13.2 Å². The minimum atomic E-state index is -4.58. The largest absolute Gasteiger partial charge is 0.495 e. The molecule has 0 spiro atoms. The Balaban J connectivity index is 3.21. The summed E-state index contributed by atoms with van der Waals surface area (Å²) in [7, 11) is 1.33. The Kier molecular flexibility index (Phi) is 4.21. The third-order valence-electron chi connectivity index (χ3n) is 1.83. The zero-order valence-corrected chi connectivity index (χ0v) is 10.2. The molecule has 1 atom stereocenters. The third-order valence-corrected chi connectivity index (χ3v) is 2.94. The molecule has 16 heavy (non-hydrogen) atoms. The molecule has 0 saturated heterocycles. The number of methoxy groups -OCH3 is 1. The molecule has 0 fully saturated rings. The summed E-state index contributed by atoms with van der Waals surface area (Å²) in [6.07, 6.45) is -4.58. The van der Waals surface area contributed by atoms with Crippen molar-refractivity contribution in [2.24, 2.45) is 0 Å². The van der Waals surface area contributed by atoms with Gasteiger partial charge in [0.25, 0.3) is 0 Å². The van der Waals surface area contributed by atoms with Crippen LogP contribution in [0.3, 0.4) is 0 Å². The Morgan fingerprint density at radius 1 is 1.19 bits per heavy atom. The van der Waals surface area contributed by atoms with Gasteiger partial charge >= 0.3 is 6.18 Å². The first-order valence-corrected chi connectivity index (χ1v) is 5.20. The summed E-state index contributed by atoms with van der Waals surface area (Å²) in [6.45, 7) is 0. The third kappa shape index (κ3) is 2.87. The second-order valence-corrected chi connectivity index (χ2v) is 4.16. The molecular formula is C9H6Cl3F3O. The van der Waals surface area contributed by atoms with E-state index >= 15 is 0 Å². The molecule has 0 bridgehead atoms. The van der Waals surface area contributed by atoms with Crippen molar-refractivity contribution >= 4 is 34.8 Å². The van der Waals surface area contributed by atoms with Crippen molar-refractivity contribution in [1.82, 2.24) is 0 Å². The van der Waals surface area contributed by atoms with Gasteiger partial charge in [0, 0.05) is 11.1 Å². The maximum absolute atomic E-state index is 12.4. The molecule has 0 N–H and O–H groups in total. The van der Waals surface area contributed by atoms with Crippen LogP contribution in [-0.4, -0.2) is 13.3 Å². The number of benzene rings is 1. The molecule has 0 aliphatic carbocycles. The number of ether oxygens (including phenoxy) is 1. The lowest BCUT2D eigenvalue weighted by Gasteiger charge is -2.16. The highest BCUT2D eigenvalue weighted by molar-refractivity contribution is 6.35. The lowest BCUT2D eigenvalue weighted by molar-refractivity contribution is -0.131. The number of alkyl halides is 4. The molecule has 7 heteroatoms. The first kappa shape index (κ1) is 13.7. The van der Waals surface area contributed by atoms with Gasteiger partial charge in [0.2, 0.25) is 0 Å². The summed E-state index contributed by atoms with van der Waals surface area (Å²) in [6, 6.07) is 2.24. The second-order valence-electron chi connectivity index (χ2n) is 2.91. The quantitative estimate of drug-likeness (QED) is 0.709. The molecule has 0 saturated carbocycles. The smallest absolute Gasteiger partial charge is 0.408 e. The summed E-state index contributed by atoms with van der Waals surface area (Å²) in [5.41, 5.74) is -0.290. The van der Waals surface area contributed by atoms with Crippen LogP contribution in [0.1, 0.15) is 10.9 Å². The Morgan fingerprint density at radius 3 is 2.19 bits per heavy atom. The van der Waals surface area contributed by atoms with E-state index in [2.05, 4.69) is 0 Å². The van der Waals surface area contributed by atoms with Crippen molar-refractivity contribution in [3.8, 4) is 5.75 Å². The molecular weight excluding hydrogens is 287 g/mol. The van der Waals surface area contributed by atoms with Gasteiger partial charge in [0.05, 0.1) is 12.1 Å². The van der Waals surface area contributed by atoms with Crippen LogP contribution >= 0.6 is 34.8 Å². The Hall–Kier alpha value is -0.320. The van der Waals surface area contributed by atoms with E-state index in [0.29, 0.717) is 0 Å². The van der Waals surface area contributed by atoms with Crippen LogP contribution < -0.4 is 4.74 Å². The van der Waals surface area contributed by atoms with E-state index in [1.807, 2.05) is 0 Å². The van der Waals surface area contributed by atoms with Gasteiger partial charge in [-0.05, 0) is 11.6 Å². The lowest BCUT2D eigenvalue weighted by Crippen LogP contribution is -2.16. The zero-order valence-electron chi connectivity index (χ0n) is 7.91. The van der Waals surface area contributed by atoms with E-state index in [0.717, 1.165) is 6.07 Å². The molecule has 0 amide bonds. The monoisotopic (exact) mass is 292 g/mol. The van der Waals surface area contributed by atoms with Gasteiger partial charge < -0.3 is 4.74 Å². The standard InChI is InChI=1S/C9H6Cl3F3O/c1-16-7-3-5(10)4(2-6(7)11)8(12)9(13,14)15/h2-3,8H,1H3. The van der Waals surface area contributed by atoms with Crippen molar-refractivity contribution in [1.29, 1.82) is 0 Å². The highest BCUT2D eigenvalue weighted by atomic mass is 35.5. The van der Waals surface area contributed by atoms with Crippen LogP contribution in [0.25, 0.3) is 0 Å². The summed E-state index contributed by atoms with van der Waals surface area (Å²) in [5, 5.41) is -2.31. The first-order chi connectivity index (χ1) is 7.27. The van der Waals surface area contributed by atoms with Crippen molar-refractivity contribution in [2.45, 2.75) is 11.6 Å². The van der Waals surface area contributed by atoms with E-state index < -0.39 is 11.6 Å². The summed E-state index contributed by atoms with van der Waals surface area (Å²) < 4.78 is 41.9. The molecule has 1 aromatic rings. The lowest BCUT2D eigenvalue weighted by atomic mass is 10.1. The molecule has 1 aromatic carbocycles. The molecule has 1 unspecified atom stereocenters. The van der Waals surface area contributed by atoms with Crippen LogP contribution in [0.5, 0.6) is 5.75 Å². The molecule has 1 nitrogen and oxygen atoms in total. The maximum Gasteiger partial charge on any atom is 0.408 e. The van der Waals surface area contributed by atoms with E-state index in [4.69, 9.17) is 39.5 Å². The average molecular weight is 293 g/mol. The predicted octanol–water partition coefficient (Wildman–Crippen LogP) is 4.84.